The van der Waals surface area contributed by atoms with Crippen LogP contribution in [0.25, 0.3) is 11.0 Å². The Labute approximate surface area is 154 Å². The Morgan fingerprint density at radius 2 is 2.04 bits per heavy atom. The van der Waals surface area contributed by atoms with Gasteiger partial charge in [0.05, 0.1) is 16.6 Å². The third-order valence-electron chi connectivity index (χ3n) is 4.45. The summed E-state index contributed by atoms with van der Waals surface area (Å²) in [6, 6.07) is 11.8. The fraction of sp³-hybridized carbons (Fsp3) is 0.381. The van der Waals surface area contributed by atoms with Crippen LogP contribution in [-0.2, 0) is 13.0 Å². The van der Waals surface area contributed by atoms with Gasteiger partial charge in [0.2, 0.25) is 0 Å². The number of fused-ring (bicyclic) bond motifs is 1. The molecule has 0 saturated carbocycles. The first-order chi connectivity index (χ1) is 12.6. The third kappa shape index (κ3) is 4.48. The van der Waals surface area contributed by atoms with E-state index in [0.29, 0.717) is 18.0 Å². The van der Waals surface area contributed by atoms with Gasteiger partial charge in [-0.1, -0.05) is 26.0 Å². The number of benzene rings is 1. The van der Waals surface area contributed by atoms with Crippen LogP contribution in [0.4, 0.5) is 0 Å². The van der Waals surface area contributed by atoms with Crippen LogP contribution >= 0.6 is 0 Å². The summed E-state index contributed by atoms with van der Waals surface area (Å²) < 4.78 is 2.33. The van der Waals surface area contributed by atoms with E-state index in [1.807, 2.05) is 6.07 Å². The van der Waals surface area contributed by atoms with E-state index in [0.717, 1.165) is 37.1 Å². The number of hydrogen-bond donors (Lipinski definition) is 1. The van der Waals surface area contributed by atoms with Crippen molar-refractivity contribution in [2.45, 2.75) is 39.7 Å². The smallest absolute Gasteiger partial charge is 0.252 e. The molecule has 1 N–H and O–H groups in total. The van der Waals surface area contributed by atoms with Crippen LogP contribution in [0.1, 0.15) is 42.9 Å². The Bertz CT molecular complexity index is 855. The first-order valence-electron chi connectivity index (χ1n) is 9.27. The standard InChI is InChI=1S/C21H26N4O/c1-16(2)11-14-25-19-9-4-3-8-18(19)24-20(25)10-6-13-23-21(26)17-7-5-12-22-15-17/h3-5,7-9,12,15-16H,6,10-11,13-14H2,1-2H3,(H,23,26). The number of nitrogens with one attached hydrogen (secondary N) is 1. The minimum absolute atomic E-state index is 0.0774. The number of nitrogens with zero attached hydrogens (tertiary/aromatic N) is 3. The molecule has 5 nitrogen and oxygen atoms in total. The topological polar surface area (TPSA) is 59.8 Å². The summed E-state index contributed by atoms with van der Waals surface area (Å²) in [5.41, 5.74) is 2.84. The van der Waals surface area contributed by atoms with E-state index in [9.17, 15) is 4.79 Å². The van der Waals surface area contributed by atoms with Crippen molar-refractivity contribution >= 4 is 16.9 Å². The van der Waals surface area contributed by atoms with Gasteiger partial charge in [0, 0.05) is 31.9 Å². The minimum atomic E-state index is -0.0774. The van der Waals surface area contributed by atoms with Gasteiger partial charge in [-0.05, 0) is 43.0 Å². The van der Waals surface area contributed by atoms with Crippen molar-refractivity contribution in [3.8, 4) is 0 Å². The summed E-state index contributed by atoms with van der Waals surface area (Å²) in [7, 11) is 0. The molecular formula is C21H26N4O. The highest BCUT2D eigenvalue weighted by Crippen LogP contribution is 2.18. The fourth-order valence-electron chi connectivity index (χ4n) is 3.00. The zero-order chi connectivity index (χ0) is 18.4. The highest BCUT2D eigenvalue weighted by atomic mass is 16.1. The monoisotopic (exact) mass is 350 g/mol. The lowest BCUT2D eigenvalue weighted by Crippen LogP contribution is -2.25. The number of carbonyl (C=O) groups is 1. The summed E-state index contributed by atoms with van der Waals surface area (Å²) in [4.78, 5) is 20.9. The third-order valence-corrected chi connectivity index (χ3v) is 4.45. The van der Waals surface area contributed by atoms with E-state index < -0.39 is 0 Å². The van der Waals surface area contributed by atoms with Gasteiger partial charge in [-0.2, -0.15) is 0 Å². The number of aromatic nitrogens is 3. The van der Waals surface area contributed by atoms with Crippen LogP contribution in [0.3, 0.4) is 0 Å². The molecule has 0 saturated heterocycles. The van der Waals surface area contributed by atoms with Crippen molar-refractivity contribution in [1.82, 2.24) is 19.9 Å². The minimum Gasteiger partial charge on any atom is -0.352 e. The number of hydrogen-bond acceptors (Lipinski definition) is 3. The highest BCUT2D eigenvalue weighted by Gasteiger charge is 2.11. The predicted molar refractivity (Wildman–Crippen MR) is 104 cm³/mol. The largest absolute Gasteiger partial charge is 0.352 e. The summed E-state index contributed by atoms with van der Waals surface area (Å²) in [6.07, 6.45) is 6.08. The number of carbonyl (C=O) groups excluding carboxylic acids is 1. The molecule has 0 bridgehead atoms. The van der Waals surface area contributed by atoms with E-state index in [2.05, 4.69) is 46.9 Å². The Morgan fingerprint density at radius 1 is 1.19 bits per heavy atom. The number of aryl methyl sites for hydroxylation is 2. The lowest BCUT2D eigenvalue weighted by Gasteiger charge is -2.11. The molecule has 0 atom stereocenters. The lowest BCUT2D eigenvalue weighted by molar-refractivity contribution is 0.0952. The molecule has 26 heavy (non-hydrogen) atoms. The van der Waals surface area contributed by atoms with Crippen molar-refractivity contribution < 1.29 is 4.79 Å². The molecule has 5 heteroatoms. The Kier molecular flexibility index (Phi) is 6.00. The maximum absolute atomic E-state index is 12.1. The van der Waals surface area contributed by atoms with Gasteiger partial charge in [0.25, 0.3) is 5.91 Å². The van der Waals surface area contributed by atoms with Crippen LogP contribution in [-0.4, -0.2) is 27.0 Å². The number of para-hydroxylation sites is 2. The van der Waals surface area contributed by atoms with Gasteiger partial charge in [0.1, 0.15) is 5.82 Å². The van der Waals surface area contributed by atoms with E-state index in [-0.39, 0.29) is 5.91 Å². The molecule has 0 radical (unpaired) electrons. The molecule has 136 valence electrons. The second-order valence-electron chi connectivity index (χ2n) is 6.95. The van der Waals surface area contributed by atoms with Gasteiger partial charge in [0.15, 0.2) is 0 Å². The SMILES string of the molecule is CC(C)CCn1c(CCCNC(=O)c2cccnc2)nc2ccccc21. The number of rotatable bonds is 8. The lowest BCUT2D eigenvalue weighted by atomic mass is 10.1. The van der Waals surface area contributed by atoms with E-state index in [1.165, 1.54) is 5.52 Å². The first kappa shape index (κ1) is 18.1. The molecule has 2 heterocycles. The van der Waals surface area contributed by atoms with E-state index in [4.69, 9.17) is 4.98 Å². The second-order valence-corrected chi connectivity index (χ2v) is 6.95. The van der Waals surface area contributed by atoms with Gasteiger partial charge >= 0.3 is 0 Å². The number of pyridine rings is 1. The fourth-order valence-corrected chi connectivity index (χ4v) is 3.00. The van der Waals surface area contributed by atoms with Gasteiger partial charge in [-0.3, -0.25) is 9.78 Å². The van der Waals surface area contributed by atoms with Gasteiger partial charge < -0.3 is 9.88 Å². The van der Waals surface area contributed by atoms with Crippen molar-refractivity contribution in [3.63, 3.8) is 0 Å². The molecule has 1 aromatic carbocycles. The summed E-state index contributed by atoms with van der Waals surface area (Å²) in [5.74, 6) is 1.68. The van der Waals surface area contributed by atoms with Crippen molar-refractivity contribution in [1.29, 1.82) is 0 Å². The molecule has 0 aliphatic heterocycles. The van der Waals surface area contributed by atoms with Crippen LogP contribution in [0, 0.1) is 5.92 Å². The van der Waals surface area contributed by atoms with Crippen molar-refractivity contribution in [3.05, 3.63) is 60.2 Å². The Hall–Kier alpha value is -2.69. The molecule has 0 spiro atoms. The van der Waals surface area contributed by atoms with Crippen LogP contribution in [0.15, 0.2) is 48.8 Å². The molecule has 2 aromatic heterocycles. The normalized spacial score (nSPS) is 11.2. The summed E-state index contributed by atoms with van der Waals surface area (Å²) in [5, 5.41) is 2.96. The number of amides is 1. The predicted octanol–water partition coefficient (Wildman–Crippen LogP) is 3.84. The molecule has 3 rings (SSSR count). The molecule has 0 unspecified atom stereocenters. The quantitative estimate of drug-likeness (QED) is 0.628. The Morgan fingerprint density at radius 3 is 2.81 bits per heavy atom. The van der Waals surface area contributed by atoms with Crippen molar-refractivity contribution in [2.75, 3.05) is 6.54 Å². The van der Waals surface area contributed by atoms with Crippen LogP contribution < -0.4 is 5.32 Å². The Balaban J connectivity index is 1.61. The van der Waals surface area contributed by atoms with Crippen LogP contribution in [0.2, 0.25) is 0 Å². The molecular weight excluding hydrogens is 324 g/mol. The molecule has 3 aromatic rings. The molecule has 0 aliphatic rings. The van der Waals surface area contributed by atoms with Crippen LogP contribution in [0.5, 0.6) is 0 Å². The molecule has 1 amide bonds. The average molecular weight is 350 g/mol. The molecule has 0 aliphatic carbocycles. The second kappa shape index (κ2) is 8.61. The van der Waals surface area contributed by atoms with E-state index in [1.54, 1.807) is 24.5 Å². The summed E-state index contributed by atoms with van der Waals surface area (Å²) in [6.45, 7) is 6.09. The zero-order valence-corrected chi connectivity index (χ0v) is 15.5. The van der Waals surface area contributed by atoms with Crippen molar-refractivity contribution in [2.24, 2.45) is 5.92 Å². The summed E-state index contributed by atoms with van der Waals surface area (Å²) >= 11 is 0. The highest BCUT2D eigenvalue weighted by molar-refractivity contribution is 5.93. The first-order valence-corrected chi connectivity index (χ1v) is 9.27. The molecule has 0 fully saturated rings. The maximum atomic E-state index is 12.1. The average Bonchev–Trinajstić information content (AvgIpc) is 3.01. The van der Waals surface area contributed by atoms with Gasteiger partial charge in [-0.15, -0.1) is 0 Å². The van der Waals surface area contributed by atoms with E-state index >= 15 is 0 Å². The van der Waals surface area contributed by atoms with Gasteiger partial charge in [-0.25, -0.2) is 4.98 Å². The number of imidazole rings is 1. The maximum Gasteiger partial charge on any atom is 0.252 e. The zero-order valence-electron chi connectivity index (χ0n) is 15.5.